The molecule has 0 radical (unpaired) electrons. The molecule has 2 aromatic carbocycles. The second-order valence-electron chi connectivity index (χ2n) is 13.3. The van der Waals surface area contributed by atoms with E-state index in [-0.39, 0.29) is 30.5 Å². The fraction of sp³-hybridized carbons (Fsp3) is 0.417. The van der Waals surface area contributed by atoms with Crippen LogP contribution in [-0.2, 0) is 54.6 Å². The van der Waals surface area contributed by atoms with Gasteiger partial charge in [0.2, 0.25) is 5.60 Å². The molecule has 0 bridgehead atoms. The molecule has 5 atom stereocenters. The van der Waals surface area contributed by atoms with E-state index in [9.17, 15) is 18.9 Å². The van der Waals surface area contributed by atoms with E-state index in [1.54, 1.807) is 89.2 Å². The number of rotatable bonds is 15. The van der Waals surface area contributed by atoms with Crippen LogP contribution in [0.3, 0.4) is 0 Å². The number of fused-ring (bicyclic) bond motifs is 1. The quantitative estimate of drug-likeness (QED) is 0.0942. The van der Waals surface area contributed by atoms with Crippen molar-refractivity contribution in [2.24, 2.45) is 11.8 Å². The number of benzene rings is 2. The molecule has 1 saturated heterocycles. The van der Waals surface area contributed by atoms with Crippen LogP contribution in [-0.4, -0.2) is 63.5 Å². The maximum absolute atomic E-state index is 14.5. The monoisotopic (exact) mass is 737 g/mol. The topological polar surface area (TPSA) is 192 Å². The number of carbonyl (C=O) groups is 3. The molecule has 3 N–H and O–H groups in total. The third-order valence-corrected chi connectivity index (χ3v) is 10.0. The number of nitrogens with two attached hydrogens (primary N) is 1. The van der Waals surface area contributed by atoms with Gasteiger partial charge in [-0.15, -0.1) is 0 Å². The number of ether oxygens (including phenoxy) is 4. The molecular formula is C36H44N5O10P. The lowest BCUT2D eigenvalue weighted by Gasteiger charge is -2.38. The van der Waals surface area contributed by atoms with E-state index in [2.05, 4.69) is 15.2 Å². The Morgan fingerprint density at radius 3 is 2.27 bits per heavy atom. The van der Waals surface area contributed by atoms with Crippen molar-refractivity contribution in [3.05, 3.63) is 90.4 Å². The van der Waals surface area contributed by atoms with Crippen LogP contribution in [0.2, 0.25) is 0 Å². The fourth-order valence-corrected chi connectivity index (χ4v) is 7.07. The summed E-state index contributed by atoms with van der Waals surface area (Å²) in [6, 6.07) is 19.4. The summed E-state index contributed by atoms with van der Waals surface area (Å²) in [5.74, 6) is -2.79. The minimum absolute atomic E-state index is 0.00657. The molecule has 3 heterocycles. The predicted octanol–water partition coefficient (Wildman–Crippen LogP) is 4.99. The Labute approximate surface area is 301 Å². The molecule has 1 unspecified atom stereocenters. The zero-order valence-electron chi connectivity index (χ0n) is 29.9. The highest BCUT2D eigenvalue weighted by Crippen LogP contribution is 2.51. The second-order valence-corrected chi connectivity index (χ2v) is 15.0. The van der Waals surface area contributed by atoms with Crippen LogP contribution < -0.4 is 15.3 Å². The zero-order valence-corrected chi connectivity index (χ0v) is 30.8. The largest absolute Gasteiger partial charge is 0.460 e. The summed E-state index contributed by atoms with van der Waals surface area (Å²) in [4.78, 5) is 43.8. The standard InChI is InChI=1S/C36H44N5O10P/c1-23(2)31(42)49-34-35(6,47-21-36(34,50-32(43)24(3)4)29-18-17-28-30(37)38-22-39-41(28)29)20-48-52(45,51-27-15-11-8-12-16-27)40-25(5)33(44)46-19-26-13-9-7-10-14-26/h7-18,22-25,34H,19-21H2,1-6H3,(H,40,45)(H2,37,38,39)/t25-,34+,35+,36-,52?/m0/s1. The SMILES string of the molecule is CC(C)C(=O)O[C@@H]1[C@@](C)(COP(=O)(N[C@@H](C)C(=O)OCc2ccccc2)Oc2ccccc2)OC[C@]1(OC(=O)C(C)C)c1ccc2c(N)ncnn12. The number of nitrogens with zero attached hydrogens (tertiary/aromatic N) is 3. The number of aromatic nitrogens is 3. The van der Waals surface area contributed by atoms with Gasteiger partial charge in [0, 0.05) is 0 Å². The molecule has 2 aromatic heterocycles. The van der Waals surface area contributed by atoms with E-state index in [1.807, 2.05) is 18.2 Å². The van der Waals surface area contributed by atoms with Gasteiger partial charge in [0.1, 0.15) is 35.8 Å². The van der Waals surface area contributed by atoms with Crippen molar-refractivity contribution in [2.75, 3.05) is 18.9 Å². The van der Waals surface area contributed by atoms with Gasteiger partial charge in [-0.2, -0.15) is 10.2 Å². The zero-order chi connectivity index (χ0) is 37.7. The number of esters is 3. The molecule has 1 fully saturated rings. The second kappa shape index (κ2) is 15.8. The molecule has 0 spiro atoms. The van der Waals surface area contributed by atoms with Gasteiger partial charge in [-0.05, 0) is 43.7 Å². The Hall–Kier alpha value is -4.82. The van der Waals surface area contributed by atoms with Crippen LogP contribution in [0.5, 0.6) is 5.75 Å². The van der Waals surface area contributed by atoms with Gasteiger partial charge in [0.05, 0.1) is 30.7 Å². The highest BCUT2D eigenvalue weighted by atomic mass is 31.2. The van der Waals surface area contributed by atoms with E-state index in [0.717, 1.165) is 5.56 Å². The first-order chi connectivity index (χ1) is 24.7. The van der Waals surface area contributed by atoms with Gasteiger partial charge >= 0.3 is 25.7 Å². The van der Waals surface area contributed by atoms with Crippen LogP contribution in [0.25, 0.3) is 5.52 Å². The lowest BCUT2D eigenvalue weighted by Crippen LogP contribution is -2.55. The van der Waals surface area contributed by atoms with E-state index < -0.39 is 67.4 Å². The highest BCUT2D eigenvalue weighted by molar-refractivity contribution is 7.52. The first kappa shape index (κ1) is 38.4. The number of hydrogen-bond donors (Lipinski definition) is 2. The molecule has 4 aromatic rings. The van der Waals surface area contributed by atoms with Crippen LogP contribution in [0.4, 0.5) is 5.82 Å². The minimum Gasteiger partial charge on any atom is -0.460 e. The maximum Gasteiger partial charge on any atom is 0.459 e. The van der Waals surface area contributed by atoms with Crippen molar-refractivity contribution in [1.82, 2.24) is 19.7 Å². The van der Waals surface area contributed by atoms with Crippen LogP contribution >= 0.6 is 7.75 Å². The Morgan fingerprint density at radius 1 is 0.962 bits per heavy atom. The normalized spacial score (nSPS) is 21.8. The lowest BCUT2D eigenvalue weighted by molar-refractivity contribution is -0.193. The molecule has 0 aliphatic carbocycles. The number of carbonyl (C=O) groups excluding carboxylic acids is 3. The van der Waals surface area contributed by atoms with Gasteiger partial charge in [-0.3, -0.25) is 18.9 Å². The summed E-state index contributed by atoms with van der Waals surface area (Å²) in [7, 11) is -4.43. The van der Waals surface area contributed by atoms with Gasteiger partial charge in [0.25, 0.3) is 0 Å². The molecule has 1 aliphatic heterocycles. The molecular weight excluding hydrogens is 693 g/mol. The van der Waals surface area contributed by atoms with Crippen molar-refractivity contribution in [2.45, 2.75) is 71.5 Å². The summed E-state index contributed by atoms with van der Waals surface area (Å²) in [5.41, 5.74) is 4.18. The van der Waals surface area contributed by atoms with Crippen molar-refractivity contribution in [3.63, 3.8) is 0 Å². The van der Waals surface area contributed by atoms with Gasteiger partial charge in [-0.25, -0.2) is 14.1 Å². The predicted molar refractivity (Wildman–Crippen MR) is 189 cm³/mol. The molecule has 5 rings (SSSR count). The molecule has 278 valence electrons. The summed E-state index contributed by atoms with van der Waals surface area (Å²) >= 11 is 0. The van der Waals surface area contributed by atoms with Crippen molar-refractivity contribution < 1.29 is 46.9 Å². The smallest absolute Gasteiger partial charge is 0.459 e. The Balaban J connectivity index is 1.50. The van der Waals surface area contributed by atoms with E-state index in [0.29, 0.717) is 5.52 Å². The van der Waals surface area contributed by atoms with Gasteiger partial charge in [0.15, 0.2) is 11.9 Å². The number of nitrogen functional groups attached to an aromatic ring is 1. The van der Waals surface area contributed by atoms with Crippen LogP contribution in [0.1, 0.15) is 52.8 Å². The number of nitrogens with one attached hydrogen (secondary N) is 1. The summed E-state index contributed by atoms with van der Waals surface area (Å²) in [6.45, 7) is 8.79. The van der Waals surface area contributed by atoms with Crippen LogP contribution in [0, 0.1) is 11.8 Å². The lowest BCUT2D eigenvalue weighted by atomic mass is 9.85. The molecule has 0 amide bonds. The Morgan fingerprint density at radius 2 is 1.62 bits per heavy atom. The summed E-state index contributed by atoms with van der Waals surface area (Å²) in [5, 5.41) is 7.02. The Bertz CT molecular complexity index is 1920. The molecule has 52 heavy (non-hydrogen) atoms. The van der Waals surface area contributed by atoms with E-state index in [1.165, 1.54) is 17.8 Å². The third-order valence-electron chi connectivity index (χ3n) is 8.39. The van der Waals surface area contributed by atoms with Crippen molar-refractivity contribution in [1.29, 1.82) is 0 Å². The summed E-state index contributed by atoms with van der Waals surface area (Å²) < 4.78 is 52.1. The third kappa shape index (κ3) is 8.45. The fourth-order valence-electron chi connectivity index (χ4n) is 5.49. The molecule has 16 heteroatoms. The van der Waals surface area contributed by atoms with Gasteiger partial charge < -0.3 is 29.2 Å². The minimum atomic E-state index is -4.43. The first-order valence-electron chi connectivity index (χ1n) is 16.8. The first-order valence-corrected chi connectivity index (χ1v) is 18.3. The maximum atomic E-state index is 14.5. The molecule has 0 saturated carbocycles. The van der Waals surface area contributed by atoms with Gasteiger partial charge in [-0.1, -0.05) is 76.2 Å². The Kier molecular flexibility index (Phi) is 11.7. The molecule has 15 nitrogen and oxygen atoms in total. The van der Waals surface area contributed by atoms with Crippen molar-refractivity contribution >= 4 is 37.0 Å². The van der Waals surface area contributed by atoms with E-state index >= 15 is 0 Å². The average Bonchev–Trinajstić information content (AvgIpc) is 3.68. The summed E-state index contributed by atoms with van der Waals surface area (Å²) in [6.07, 6.45) is -0.142. The van der Waals surface area contributed by atoms with Crippen molar-refractivity contribution in [3.8, 4) is 5.75 Å². The number of hydrogen-bond acceptors (Lipinski definition) is 13. The highest BCUT2D eigenvalue weighted by Gasteiger charge is 2.64. The average molecular weight is 738 g/mol. The van der Waals surface area contributed by atoms with E-state index in [4.69, 9.17) is 33.7 Å². The van der Waals surface area contributed by atoms with Crippen LogP contribution in [0.15, 0.2) is 79.1 Å². The molecule has 1 aliphatic rings. The number of para-hydroxylation sites is 1. The number of anilines is 1.